The average Bonchev–Trinajstić information content (AvgIpc) is 2.53. The van der Waals surface area contributed by atoms with Crippen molar-refractivity contribution in [3.63, 3.8) is 0 Å². The van der Waals surface area contributed by atoms with E-state index in [2.05, 4.69) is 0 Å². The van der Waals surface area contributed by atoms with E-state index in [1.807, 2.05) is 12.1 Å². The highest BCUT2D eigenvalue weighted by Crippen LogP contribution is 2.14. The van der Waals surface area contributed by atoms with Crippen molar-refractivity contribution in [1.29, 1.82) is 0 Å². The molecule has 0 aliphatic rings. The number of rotatable bonds is 5. The SMILES string of the molecule is NCc1ccc(CSCCO)o1. The van der Waals surface area contributed by atoms with Crippen molar-refractivity contribution in [2.45, 2.75) is 12.3 Å². The third-order valence-electron chi connectivity index (χ3n) is 1.40. The monoisotopic (exact) mass is 187 g/mol. The molecule has 0 aromatic carbocycles. The van der Waals surface area contributed by atoms with Crippen LogP contribution in [0.5, 0.6) is 0 Å². The highest BCUT2D eigenvalue weighted by molar-refractivity contribution is 7.98. The lowest BCUT2D eigenvalue weighted by molar-refractivity contribution is 0.322. The third kappa shape index (κ3) is 2.89. The summed E-state index contributed by atoms with van der Waals surface area (Å²) in [5, 5.41) is 8.52. The van der Waals surface area contributed by atoms with Crippen LogP contribution < -0.4 is 5.73 Å². The molecular formula is C8H13NO2S. The van der Waals surface area contributed by atoms with E-state index >= 15 is 0 Å². The van der Waals surface area contributed by atoms with E-state index in [0.717, 1.165) is 23.0 Å². The lowest BCUT2D eigenvalue weighted by atomic mass is 10.4. The van der Waals surface area contributed by atoms with Crippen LogP contribution in [-0.4, -0.2) is 17.5 Å². The minimum Gasteiger partial charge on any atom is -0.464 e. The van der Waals surface area contributed by atoms with E-state index in [9.17, 15) is 0 Å². The molecule has 0 aliphatic heterocycles. The fourth-order valence-corrected chi connectivity index (χ4v) is 1.48. The summed E-state index contributed by atoms with van der Waals surface area (Å²) >= 11 is 1.65. The summed E-state index contributed by atoms with van der Waals surface area (Å²) in [5.74, 6) is 3.29. The molecule has 0 aliphatic carbocycles. The molecule has 1 aromatic rings. The first-order valence-electron chi connectivity index (χ1n) is 3.83. The quantitative estimate of drug-likeness (QED) is 0.674. The van der Waals surface area contributed by atoms with Crippen molar-refractivity contribution >= 4 is 11.8 Å². The average molecular weight is 187 g/mol. The number of aliphatic hydroxyl groups is 1. The van der Waals surface area contributed by atoms with Crippen LogP contribution in [0.3, 0.4) is 0 Å². The smallest absolute Gasteiger partial charge is 0.117 e. The van der Waals surface area contributed by atoms with Crippen LogP contribution in [0, 0.1) is 0 Å². The summed E-state index contributed by atoms with van der Waals surface area (Å²) < 4.78 is 5.35. The van der Waals surface area contributed by atoms with E-state index in [4.69, 9.17) is 15.3 Å². The Hall–Kier alpha value is -0.450. The molecular weight excluding hydrogens is 174 g/mol. The zero-order valence-electron chi connectivity index (χ0n) is 6.82. The van der Waals surface area contributed by atoms with E-state index in [1.165, 1.54) is 0 Å². The fraction of sp³-hybridized carbons (Fsp3) is 0.500. The molecule has 0 saturated heterocycles. The highest BCUT2D eigenvalue weighted by Gasteiger charge is 1.99. The Morgan fingerprint density at radius 1 is 1.42 bits per heavy atom. The van der Waals surface area contributed by atoms with Crippen LogP contribution in [0.4, 0.5) is 0 Å². The minimum atomic E-state index is 0.217. The van der Waals surface area contributed by atoms with Gasteiger partial charge >= 0.3 is 0 Å². The molecule has 1 aromatic heterocycles. The van der Waals surface area contributed by atoms with Crippen molar-refractivity contribution in [3.05, 3.63) is 23.7 Å². The normalized spacial score (nSPS) is 10.5. The van der Waals surface area contributed by atoms with Gasteiger partial charge in [-0.2, -0.15) is 11.8 Å². The van der Waals surface area contributed by atoms with Crippen molar-refractivity contribution in [2.75, 3.05) is 12.4 Å². The molecule has 0 radical (unpaired) electrons. The Labute approximate surface area is 75.9 Å². The van der Waals surface area contributed by atoms with E-state index in [1.54, 1.807) is 11.8 Å². The standard InChI is InChI=1S/C8H13NO2S/c9-5-7-1-2-8(11-7)6-12-4-3-10/h1-2,10H,3-6,9H2. The molecule has 3 nitrogen and oxygen atoms in total. The van der Waals surface area contributed by atoms with Crippen LogP contribution >= 0.6 is 11.8 Å². The zero-order valence-corrected chi connectivity index (χ0v) is 7.64. The van der Waals surface area contributed by atoms with Gasteiger partial charge in [-0.1, -0.05) is 0 Å². The topological polar surface area (TPSA) is 59.4 Å². The maximum Gasteiger partial charge on any atom is 0.117 e. The van der Waals surface area contributed by atoms with Gasteiger partial charge in [-0.15, -0.1) is 0 Å². The molecule has 3 N–H and O–H groups in total. The molecule has 0 amide bonds. The van der Waals surface area contributed by atoms with E-state index < -0.39 is 0 Å². The predicted molar refractivity (Wildman–Crippen MR) is 49.8 cm³/mol. The summed E-state index contributed by atoms with van der Waals surface area (Å²) in [6, 6.07) is 3.81. The number of thioether (sulfide) groups is 1. The Bertz CT molecular complexity index is 225. The lowest BCUT2D eigenvalue weighted by Gasteiger charge is -1.94. The Morgan fingerprint density at radius 2 is 2.17 bits per heavy atom. The van der Waals surface area contributed by atoms with Gasteiger partial charge in [-0.25, -0.2) is 0 Å². The molecule has 0 spiro atoms. The summed E-state index contributed by atoms with van der Waals surface area (Å²) in [5.41, 5.74) is 5.38. The van der Waals surface area contributed by atoms with Gasteiger partial charge in [0.2, 0.25) is 0 Å². The van der Waals surface area contributed by atoms with Crippen LogP contribution in [-0.2, 0) is 12.3 Å². The highest BCUT2D eigenvalue weighted by atomic mass is 32.2. The van der Waals surface area contributed by atoms with Crippen LogP contribution in [0.2, 0.25) is 0 Å². The summed E-state index contributed by atoms with van der Waals surface area (Å²) in [4.78, 5) is 0. The van der Waals surface area contributed by atoms with Crippen molar-refractivity contribution in [2.24, 2.45) is 5.73 Å². The van der Waals surface area contributed by atoms with Gasteiger partial charge in [0.05, 0.1) is 18.9 Å². The molecule has 4 heteroatoms. The second-order valence-corrected chi connectivity index (χ2v) is 3.45. The van der Waals surface area contributed by atoms with Gasteiger partial charge in [0.1, 0.15) is 11.5 Å². The number of hydrogen-bond acceptors (Lipinski definition) is 4. The second kappa shape index (κ2) is 5.24. The van der Waals surface area contributed by atoms with Gasteiger partial charge in [-0.05, 0) is 12.1 Å². The molecule has 0 atom stereocenters. The first-order valence-corrected chi connectivity index (χ1v) is 4.98. The first-order chi connectivity index (χ1) is 5.86. The number of furan rings is 1. The maximum atomic E-state index is 8.52. The van der Waals surface area contributed by atoms with Crippen LogP contribution in [0.25, 0.3) is 0 Å². The van der Waals surface area contributed by atoms with E-state index in [-0.39, 0.29) is 6.61 Å². The lowest BCUT2D eigenvalue weighted by Crippen LogP contribution is -1.92. The Balaban J connectivity index is 2.31. The number of aliphatic hydroxyl groups excluding tert-OH is 1. The molecule has 1 heterocycles. The molecule has 0 unspecified atom stereocenters. The zero-order chi connectivity index (χ0) is 8.81. The van der Waals surface area contributed by atoms with Gasteiger partial charge in [0.25, 0.3) is 0 Å². The second-order valence-electron chi connectivity index (χ2n) is 2.35. The minimum absolute atomic E-state index is 0.217. The molecule has 68 valence electrons. The first kappa shape index (κ1) is 9.64. The maximum absolute atomic E-state index is 8.52. The Morgan fingerprint density at radius 3 is 2.75 bits per heavy atom. The predicted octanol–water partition coefficient (Wildman–Crippen LogP) is 0.964. The number of hydrogen-bond donors (Lipinski definition) is 2. The third-order valence-corrected chi connectivity index (χ3v) is 2.36. The molecule has 0 fully saturated rings. The van der Waals surface area contributed by atoms with Crippen molar-refractivity contribution < 1.29 is 9.52 Å². The molecule has 0 saturated carbocycles. The molecule has 12 heavy (non-hydrogen) atoms. The van der Waals surface area contributed by atoms with Crippen LogP contribution in [0.15, 0.2) is 16.5 Å². The summed E-state index contributed by atoms with van der Waals surface area (Å²) in [6.07, 6.45) is 0. The van der Waals surface area contributed by atoms with Gasteiger partial charge in [0, 0.05) is 5.75 Å². The number of nitrogens with two attached hydrogens (primary N) is 1. The summed E-state index contributed by atoms with van der Waals surface area (Å²) in [7, 11) is 0. The Kier molecular flexibility index (Phi) is 4.21. The fourth-order valence-electron chi connectivity index (χ4n) is 0.847. The van der Waals surface area contributed by atoms with E-state index in [0.29, 0.717) is 6.54 Å². The van der Waals surface area contributed by atoms with Crippen LogP contribution in [0.1, 0.15) is 11.5 Å². The van der Waals surface area contributed by atoms with Crippen molar-refractivity contribution in [1.82, 2.24) is 0 Å². The van der Waals surface area contributed by atoms with Gasteiger partial charge < -0.3 is 15.3 Å². The molecule has 1 rings (SSSR count). The van der Waals surface area contributed by atoms with Crippen molar-refractivity contribution in [3.8, 4) is 0 Å². The molecule has 0 bridgehead atoms. The largest absolute Gasteiger partial charge is 0.464 e. The van der Waals surface area contributed by atoms with Gasteiger partial charge in [-0.3, -0.25) is 0 Å². The van der Waals surface area contributed by atoms with Gasteiger partial charge in [0.15, 0.2) is 0 Å². The summed E-state index contributed by atoms with van der Waals surface area (Å²) in [6.45, 7) is 0.666.